The first kappa shape index (κ1) is 24.1. The van der Waals surface area contributed by atoms with Crippen LogP contribution in [0.15, 0.2) is 24.3 Å². The Hall–Kier alpha value is -2.00. The number of amides is 2. The summed E-state index contributed by atoms with van der Waals surface area (Å²) in [4.78, 5) is 18.9. The first-order chi connectivity index (χ1) is 15.9. The summed E-state index contributed by atoms with van der Waals surface area (Å²) < 4.78 is 38.8. The van der Waals surface area contributed by atoms with Crippen LogP contribution in [-0.4, -0.2) is 80.8 Å². The van der Waals surface area contributed by atoms with Gasteiger partial charge in [0, 0.05) is 57.5 Å². The van der Waals surface area contributed by atoms with E-state index in [4.69, 9.17) is 0 Å². The normalized spacial score (nSPS) is 22.5. The maximum atomic E-state index is 12.9. The second-order valence-electron chi connectivity index (χ2n) is 9.60. The summed E-state index contributed by atoms with van der Waals surface area (Å²) in [5.74, 6) is 0.575. The van der Waals surface area contributed by atoms with Crippen LogP contribution in [-0.2, 0) is 6.18 Å². The van der Waals surface area contributed by atoms with E-state index in [0.717, 1.165) is 70.8 Å². The van der Waals surface area contributed by atoms with Gasteiger partial charge in [-0.2, -0.15) is 13.2 Å². The minimum absolute atomic E-state index is 0.0745. The molecule has 1 aromatic carbocycles. The van der Waals surface area contributed by atoms with E-state index in [0.29, 0.717) is 18.2 Å². The van der Waals surface area contributed by atoms with E-state index in [1.54, 1.807) is 6.07 Å². The predicted molar refractivity (Wildman–Crippen MR) is 123 cm³/mol. The molecule has 0 bridgehead atoms. The number of carbonyl (C=O) groups is 1. The number of nitrogens with one attached hydrogen (secondary N) is 2. The molecule has 2 saturated heterocycles. The fourth-order valence-electron chi connectivity index (χ4n) is 4.87. The van der Waals surface area contributed by atoms with Crippen LogP contribution >= 0.6 is 0 Å². The number of rotatable bonds is 9. The molecule has 0 spiro atoms. The van der Waals surface area contributed by atoms with Crippen molar-refractivity contribution in [3.8, 4) is 0 Å². The van der Waals surface area contributed by atoms with Gasteiger partial charge >= 0.3 is 12.2 Å². The molecular formula is C24H36F3N5O. The highest BCUT2D eigenvalue weighted by Gasteiger charge is 2.34. The third kappa shape index (κ3) is 7.24. The fourth-order valence-corrected chi connectivity index (χ4v) is 4.87. The van der Waals surface area contributed by atoms with Crippen LogP contribution in [0.1, 0.15) is 37.7 Å². The molecule has 2 aliphatic heterocycles. The number of hydrogen-bond acceptors (Lipinski definition) is 4. The van der Waals surface area contributed by atoms with Gasteiger partial charge < -0.3 is 20.4 Å². The Balaban J connectivity index is 1.04. The number of piperazine rings is 1. The summed E-state index contributed by atoms with van der Waals surface area (Å²) in [6.07, 6.45) is 1.45. The van der Waals surface area contributed by atoms with Gasteiger partial charge in [0.2, 0.25) is 0 Å². The van der Waals surface area contributed by atoms with E-state index >= 15 is 0 Å². The number of halogens is 3. The fraction of sp³-hybridized carbons (Fsp3) is 0.708. The first-order valence-electron chi connectivity index (χ1n) is 12.3. The Labute approximate surface area is 194 Å². The number of unbranched alkanes of at least 4 members (excludes halogenated alkanes) is 1. The Bertz CT molecular complexity index is 778. The quantitative estimate of drug-likeness (QED) is 0.547. The lowest BCUT2D eigenvalue weighted by molar-refractivity contribution is -0.137. The average Bonchev–Trinajstić information content (AvgIpc) is 3.55. The predicted octanol–water partition coefficient (Wildman–Crippen LogP) is 3.39. The van der Waals surface area contributed by atoms with Gasteiger partial charge in [0.25, 0.3) is 0 Å². The lowest BCUT2D eigenvalue weighted by Crippen LogP contribution is -2.46. The second-order valence-corrected chi connectivity index (χ2v) is 9.60. The third-order valence-electron chi connectivity index (χ3n) is 7.03. The molecule has 184 valence electrons. The van der Waals surface area contributed by atoms with Gasteiger partial charge in [0.05, 0.1) is 5.56 Å². The van der Waals surface area contributed by atoms with Crippen molar-refractivity contribution in [1.29, 1.82) is 0 Å². The molecule has 3 aliphatic rings. The molecule has 4 rings (SSSR count). The summed E-state index contributed by atoms with van der Waals surface area (Å²) in [7, 11) is 0. The maximum absolute atomic E-state index is 12.9. The molecule has 1 aliphatic carbocycles. The molecular weight excluding hydrogens is 431 g/mol. The van der Waals surface area contributed by atoms with Gasteiger partial charge in [-0.25, -0.2) is 4.79 Å². The van der Waals surface area contributed by atoms with Gasteiger partial charge in [-0.3, -0.25) is 4.90 Å². The van der Waals surface area contributed by atoms with E-state index < -0.39 is 11.7 Å². The molecule has 1 unspecified atom stereocenters. The van der Waals surface area contributed by atoms with Crippen LogP contribution in [0.4, 0.5) is 23.7 Å². The van der Waals surface area contributed by atoms with E-state index in [1.165, 1.54) is 37.9 Å². The van der Waals surface area contributed by atoms with Crippen molar-refractivity contribution in [1.82, 2.24) is 20.4 Å². The largest absolute Gasteiger partial charge is 0.416 e. The number of benzene rings is 1. The van der Waals surface area contributed by atoms with Crippen molar-refractivity contribution in [3.63, 3.8) is 0 Å². The van der Waals surface area contributed by atoms with Gasteiger partial charge in [0.15, 0.2) is 0 Å². The Kier molecular flexibility index (Phi) is 8.01. The van der Waals surface area contributed by atoms with Crippen LogP contribution in [0.3, 0.4) is 0 Å². The summed E-state index contributed by atoms with van der Waals surface area (Å²) in [6, 6.07) is 6.32. The monoisotopic (exact) mass is 467 g/mol. The Morgan fingerprint density at radius 1 is 1.00 bits per heavy atom. The summed E-state index contributed by atoms with van der Waals surface area (Å²) in [5.41, 5.74) is 0.0416. The van der Waals surface area contributed by atoms with Crippen molar-refractivity contribution in [2.75, 3.05) is 63.8 Å². The summed E-state index contributed by atoms with van der Waals surface area (Å²) in [6.45, 7) is 7.77. The maximum Gasteiger partial charge on any atom is 0.416 e. The lowest BCUT2D eigenvalue weighted by Gasteiger charge is -2.36. The average molecular weight is 468 g/mol. The molecule has 1 saturated carbocycles. The van der Waals surface area contributed by atoms with Crippen molar-refractivity contribution >= 4 is 11.7 Å². The second kappa shape index (κ2) is 11.0. The minimum atomic E-state index is -4.31. The zero-order valence-electron chi connectivity index (χ0n) is 19.2. The lowest BCUT2D eigenvalue weighted by atomic mass is 10.1. The molecule has 6 nitrogen and oxygen atoms in total. The molecule has 3 fully saturated rings. The topological polar surface area (TPSA) is 50.9 Å². The molecule has 1 atom stereocenters. The Morgan fingerprint density at radius 2 is 1.79 bits per heavy atom. The highest BCUT2D eigenvalue weighted by Crippen LogP contribution is 2.32. The number of nitrogens with zero attached hydrogens (tertiary/aromatic N) is 3. The zero-order valence-corrected chi connectivity index (χ0v) is 19.2. The minimum Gasteiger partial charge on any atom is -0.369 e. The zero-order chi connectivity index (χ0) is 23.3. The van der Waals surface area contributed by atoms with E-state index in [9.17, 15) is 18.0 Å². The Morgan fingerprint density at radius 3 is 2.52 bits per heavy atom. The van der Waals surface area contributed by atoms with Crippen LogP contribution < -0.4 is 15.5 Å². The van der Waals surface area contributed by atoms with Gasteiger partial charge in [0.1, 0.15) is 0 Å². The van der Waals surface area contributed by atoms with Crippen LogP contribution in [0.5, 0.6) is 0 Å². The number of carbonyl (C=O) groups excluding carboxylic acids is 1. The summed E-state index contributed by atoms with van der Waals surface area (Å²) in [5, 5.41) is 5.97. The van der Waals surface area contributed by atoms with Crippen LogP contribution in [0.2, 0.25) is 0 Å². The van der Waals surface area contributed by atoms with Gasteiger partial charge in [-0.1, -0.05) is 6.07 Å². The highest BCUT2D eigenvalue weighted by atomic mass is 19.4. The molecule has 0 radical (unpaired) electrons. The number of hydrogen-bond donors (Lipinski definition) is 2. The summed E-state index contributed by atoms with van der Waals surface area (Å²) >= 11 is 0. The van der Waals surface area contributed by atoms with Crippen molar-refractivity contribution in [2.45, 2.75) is 44.3 Å². The van der Waals surface area contributed by atoms with E-state index in [-0.39, 0.29) is 6.03 Å². The van der Waals surface area contributed by atoms with Crippen molar-refractivity contribution in [2.24, 2.45) is 5.92 Å². The molecule has 2 heterocycles. The molecule has 0 aromatic heterocycles. The number of likely N-dealkylation sites (tertiary alicyclic amines) is 1. The number of alkyl halides is 3. The molecule has 9 heteroatoms. The third-order valence-corrected chi connectivity index (χ3v) is 7.03. The van der Waals surface area contributed by atoms with Gasteiger partial charge in [-0.05, 0) is 69.3 Å². The van der Waals surface area contributed by atoms with Crippen molar-refractivity contribution in [3.05, 3.63) is 29.8 Å². The first-order valence-corrected chi connectivity index (χ1v) is 12.3. The smallest absolute Gasteiger partial charge is 0.369 e. The van der Waals surface area contributed by atoms with E-state index in [2.05, 4.69) is 20.4 Å². The molecule has 2 amide bonds. The van der Waals surface area contributed by atoms with Crippen molar-refractivity contribution < 1.29 is 18.0 Å². The number of urea groups is 1. The number of anilines is 1. The molecule has 33 heavy (non-hydrogen) atoms. The standard InChI is InChI=1S/C24H36F3N5O/c25-24(26,27)20-4-3-5-22(16-20)31-14-12-30(13-15-31)10-2-1-9-28-23(33)29-17-19-8-11-32(18-19)21-6-7-21/h3-5,16,19,21H,1-2,6-15,17-18H2,(H2,28,29,33). The molecule has 2 N–H and O–H groups in total. The van der Waals surface area contributed by atoms with Gasteiger partial charge in [-0.15, -0.1) is 0 Å². The molecule has 1 aromatic rings. The van der Waals surface area contributed by atoms with Crippen LogP contribution in [0, 0.1) is 5.92 Å². The SMILES string of the molecule is O=C(NCCCCN1CCN(c2cccc(C(F)(F)F)c2)CC1)NCC1CCN(C2CC2)C1. The van der Waals surface area contributed by atoms with E-state index in [1.807, 2.05) is 4.90 Å². The highest BCUT2D eigenvalue weighted by molar-refractivity contribution is 5.73. The van der Waals surface area contributed by atoms with Crippen LogP contribution in [0.25, 0.3) is 0 Å².